The van der Waals surface area contributed by atoms with Gasteiger partial charge in [0.15, 0.2) is 0 Å². The zero-order chi connectivity index (χ0) is 25.3. The normalized spacial score (nSPS) is 13.3. The fourth-order valence-corrected chi connectivity index (χ4v) is 4.23. The molecule has 0 saturated heterocycles. The van der Waals surface area contributed by atoms with Crippen molar-refractivity contribution >= 4 is 23.6 Å². The number of allylic oxidation sites excluding steroid dienone is 1. The predicted octanol–water partition coefficient (Wildman–Crippen LogP) is 5.08. The molecule has 6 nitrogen and oxygen atoms in total. The minimum Gasteiger partial charge on any atom is -0.468 e. The number of nitrogens with zero attached hydrogens (tertiary/aromatic N) is 1. The molecular formula is C27H24F2N2O4S. The third kappa shape index (κ3) is 7.32. The van der Waals surface area contributed by atoms with Gasteiger partial charge in [0.05, 0.1) is 12.0 Å². The van der Waals surface area contributed by atoms with Crippen LogP contribution in [0.25, 0.3) is 0 Å². The van der Waals surface area contributed by atoms with Crippen molar-refractivity contribution in [3.63, 3.8) is 0 Å². The monoisotopic (exact) mass is 510 g/mol. The maximum Gasteiger partial charge on any atom is 0.251 e. The maximum absolute atomic E-state index is 13.5. The van der Waals surface area contributed by atoms with E-state index in [1.807, 2.05) is 12.1 Å². The highest BCUT2D eigenvalue weighted by atomic mass is 32.2. The number of carbonyl (C=O) groups is 2. The van der Waals surface area contributed by atoms with E-state index in [-0.39, 0.29) is 24.9 Å². The van der Waals surface area contributed by atoms with E-state index >= 15 is 0 Å². The van der Waals surface area contributed by atoms with Gasteiger partial charge in [-0.1, -0.05) is 0 Å². The Kier molecular flexibility index (Phi) is 8.57. The number of halogens is 2. The van der Waals surface area contributed by atoms with Crippen molar-refractivity contribution in [1.29, 1.82) is 0 Å². The van der Waals surface area contributed by atoms with Gasteiger partial charge in [0.2, 0.25) is 5.91 Å². The molecule has 0 aliphatic carbocycles. The lowest BCUT2D eigenvalue weighted by Crippen LogP contribution is -2.28. The van der Waals surface area contributed by atoms with Gasteiger partial charge in [0.1, 0.15) is 28.9 Å². The highest BCUT2D eigenvalue weighted by Gasteiger charge is 2.15. The number of benzene rings is 2. The minimum atomic E-state index is -0.691. The van der Waals surface area contributed by atoms with Crippen LogP contribution < -0.4 is 10.1 Å². The van der Waals surface area contributed by atoms with Crippen LogP contribution >= 0.6 is 11.8 Å². The second-order valence-corrected chi connectivity index (χ2v) is 9.06. The van der Waals surface area contributed by atoms with Crippen LogP contribution in [0.5, 0.6) is 5.75 Å². The number of thioether (sulfide) groups is 1. The molecule has 0 unspecified atom stereocenters. The van der Waals surface area contributed by atoms with Gasteiger partial charge in [0.25, 0.3) is 5.91 Å². The smallest absolute Gasteiger partial charge is 0.251 e. The molecule has 0 spiro atoms. The van der Waals surface area contributed by atoms with Crippen molar-refractivity contribution in [3.8, 4) is 5.75 Å². The molecule has 9 heteroatoms. The molecule has 1 aromatic heterocycles. The lowest BCUT2D eigenvalue weighted by atomic mass is 10.2. The van der Waals surface area contributed by atoms with Gasteiger partial charge in [0, 0.05) is 43.1 Å². The van der Waals surface area contributed by atoms with Crippen LogP contribution in [0.1, 0.15) is 21.7 Å². The third-order valence-electron chi connectivity index (χ3n) is 5.22. The number of nitrogens with one attached hydrogen (secondary N) is 1. The molecular weight excluding hydrogens is 486 g/mol. The van der Waals surface area contributed by atoms with E-state index in [0.717, 1.165) is 23.3 Å². The summed E-state index contributed by atoms with van der Waals surface area (Å²) >= 11 is 1.67. The van der Waals surface area contributed by atoms with Crippen LogP contribution in [0.2, 0.25) is 0 Å². The molecule has 0 atom stereocenters. The van der Waals surface area contributed by atoms with Crippen LogP contribution in [-0.2, 0) is 17.1 Å². The Morgan fingerprint density at radius 2 is 1.86 bits per heavy atom. The molecule has 0 radical (unpaired) electrons. The van der Waals surface area contributed by atoms with Crippen LogP contribution in [0.15, 0.2) is 89.3 Å². The number of rotatable bonds is 10. The summed E-state index contributed by atoms with van der Waals surface area (Å²) in [5.74, 6) is 1.51. The molecule has 186 valence electrons. The third-order valence-corrected chi connectivity index (χ3v) is 6.20. The molecule has 3 aromatic rings. The van der Waals surface area contributed by atoms with Crippen LogP contribution in [0, 0.1) is 11.6 Å². The van der Waals surface area contributed by atoms with Crippen molar-refractivity contribution in [2.75, 3.05) is 18.8 Å². The fraction of sp³-hybridized carbons (Fsp3) is 0.185. The number of carbonyl (C=O) groups excluding carboxylic acids is 2. The number of hydrogen-bond donors (Lipinski definition) is 1. The summed E-state index contributed by atoms with van der Waals surface area (Å²) in [6, 6.07) is 13.6. The molecule has 2 aromatic carbocycles. The van der Waals surface area contributed by atoms with Gasteiger partial charge in [-0.2, -0.15) is 11.8 Å². The van der Waals surface area contributed by atoms with Crippen LogP contribution in [0.3, 0.4) is 0 Å². The van der Waals surface area contributed by atoms with E-state index in [1.54, 1.807) is 48.4 Å². The Balaban J connectivity index is 1.26. The van der Waals surface area contributed by atoms with E-state index in [0.29, 0.717) is 29.2 Å². The first kappa shape index (κ1) is 25.2. The summed E-state index contributed by atoms with van der Waals surface area (Å²) in [4.78, 5) is 26.2. The second-order valence-electron chi connectivity index (χ2n) is 7.95. The zero-order valence-corrected chi connectivity index (χ0v) is 20.1. The average molecular weight is 511 g/mol. The lowest BCUT2D eigenvalue weighted by Gasteiger charge is -2.18. The summed E-state index contributed by atoms with van der Waals surface area (Å²) in [5.41, 5.74) is 0.865. The minimum absolute atomic E-state index is 0.0623. The van der Waals surface area contributed by atoms with Gasteiger partial charge in [-0.3, -0.25) is 9.59 Å². The maximum atomic E-state index is 13.5. The summed E-state index contributed by atoms with van der Waals surface area (Å²) in [5, 5.41) is 2.88. The molecule has 2 amide bonds. The van der Waals surface area contributed by atoms with Gasteiger partial charge >= 0.3 is 0 Å². The highest BCUT2D eigenvalue weighted by molar-refractivity contribution is 7.98. The van der Waals surface area contributed by atoms with Crippen molar-refractivity contribution < 1.29 is 27.5 Å². The van der Waals surface area contributed by atoms with Gasteiger partial charge in [-0.05, 0) is 66.2 Å². The Bertz CT molecular complexity index is 1240. The Labute approximate surface area is 211 Å². The SMILES string of the molecule is O=C(NCCSCc1ccco1)c1ccc(OC2=CCN(Cc3cc(F)cc(F)c3)C(=O)C=C2)cc1. The summed E-state index contributed by atoms with van der Waals surface area (Å²) < 4.78 is 38.0. The first-order valence-corrected chi connectivity index (χ1v) is 12.4. The lowest BCUT2D eigenvalue weighted by molar-refractivity contribution is -0.126. The van der Waals surface area contributed by atoms with Crippen molar-refractivity contribution in [1.82, 2.24) is 10.2 Å². The van der Waals surface area contributed by atoms with E-state index in [4.69, 9.17) is 9.15 Å². The fourth-order valence-electron chi connectivity index (χ4n) is 3.47. The molecule has 0 fully saturated rings. The topological polar surface area (TPSA) is 71.8 Å². The second kappa shape index (κ2) is 12.2. The molecule has 2 heterocycles. The molecule has 1 N–H and O–H groups in total. The zero-order valence-electron chi connectivity index (χ0n) is 19.3. The number of furan rings is 1. The summed E-state index contributed by atoms with van der Waals surface area (Å²) in [6.45, 7) is 0.803. The van der Waals surface area contributed by atoms with Gasteiger partial charge < -0.3 is 19.4 Å². The van der Waals surface area contributed by atoms with Gasteiger partial charge in [-0.25, -0.2) is 8.78 Å². The van der Waals surface area contributed by atoms with E-state index in [2.05, 4.69) is 5.32 Å². The van der Waals surface area contributed by atoms with Crippen molar-refractivity contribution in [2.24, 2.45) is 0 Å². The summed E-state index contributed by atoms with van der Waals surface area (Å²) in [6.07, 6.45) is 6.23. The number of hydrogen-bond acceptors (Lipinski definition) is 5. The van der Waals surface area contributed by atoms with Crippen molar-refractivity contribution in [3.05, 3.63) is 113 Å². The average Bonchev–Trinajstić information content (AvgIpc) is 3.31. The van der Waals surface area contributed by atoms with E-state index in [1.165, 1.54) is 29.2 Å². The van der Waals surface area contributed by atoms with Crippen LogP contribution in [-0.4, -0.2) is 35.6 Å². The molecule has 0 saturated carbocycles. The predicted molar refractivity (Wildman–Crippen MR) is 133 cm³/mol. The quantitative estimate of drug-likeness (QED) is 0.385. The molecule has 36 heavy (non-hydrogen) atoms. The van der Waals surface area contributed by atoms with Crippen molar-refractivity contribution in [2.45, 2.75) is 12.3 Å². The molecule has 1 aliphatic rings. The molecule has 0 bridgehead atoms. The van der Waals surface area contributed by atoms with Gasteiger partial charge in [-0.15, -0.1) is 0 Å². The summed E-state index contributed by atoms with van der Waals surface area (Å²) in [7, 11) is 0. The Morgan fingerprint density at radius 3 is 2.58 bits per heavy atom. The standard InChI is InChI=1S/C27H24F2N2O4S/c28-21-14-19(15-22(29)16-21)17-31-11-9-24(7-8-26(31)32)35-23-5-3-20(4-6-23)27(33)30-10-13-36-18-25-2-1-12-34-25/h1-9,12,14-16H,10-11,13,17-18H2,(H,30,33). The number of ether oxygens (including phenoxy) is 1. The Hall–Kier alpha value is -3.85. The van der Waals surface area contributed by atoms with E-state index in [9.17, 15) is 18.4 Å². The largest absolute Gasteiger partial charge is 0.468 e. The van der Waals surface area contributed by atoms with Crippen LogP contribution in [0.4, 0.5) is 8.78 Å². The molecule has 4 rings (SSSR count). The van der Waals surface area contributed by atoms with E-state index < -0.39 is 11.6 Å². The molecule has 1 aliphatic heterocycles. The first-order chi connectivity index (χ1) is 17.5. The first-order valence-electron chi connectivity index (χ1n) is 11.2. The number of amides is 2. The Morgan fingerprint density at radius 1 is 1.08 bits per heavy atom. The highest BCUT2D eigenvalue weighted by Crippen LogP contribution is 2.19.